The van der Waals surface area contributed by atoms with E-state index in [0.29, 0.717) is 16.5 Å². The summed E-state index contributed by atoms with van der Waals surface area (Å²) in [5, 5.41) is 3.42. The number of hydrogen-bond acceptors (Lipinski definition) is 5. The van der Waals surface area contributed by atoms with Gasteiger partial charge in [-0.3, -0.25) is 14.7 Å². The number of nitrogens with zero attached hydrogens (tertiary/aromatic N) is 3. The molecule has 1 amide bonds. The molecule has 1 N–H and O–H groups in total. The Balaban J connectivity index is 1.64. The van der Waals surface area contributed by atoms with E-state index in [-0.39, 0.29) is 17.4 Å². The number of aryl methyl sites for hydroxylation is 1. The van der Waals surface area contributed by atoms with Crippen molar-refractivity contribution >= 4 is 33.5 Å². The van der Waals surface area contributed by atoms with Crippen molar-refractivity contribution < 1.29 is 17.9 Å². The monoisotopic (exact) mass is 552 g/mol. The van der Waals surface area contributed by atoms with Crippen LogP contribution in [0, 0.1) is 6.92 Å². The van der Waals surface area contributed by atoms with Crippen molar-refractivity contribution in [1.82, 2.24) is 13.9 Å². The zero-order chi connectivity index (χ0) is 27.4. The van der Waals surface area contributed by atoms with Crippen LogP contribution in [0.1, 0.15) is 19.4 Å². The number of methoxy groups -OCH3 is 1. The third kappa shape index (κ3) is 6.07. The Morgan fingerprint density at radius 1 is 1.03 bits per heavy atom. The number of nitrogens with one attached hydrogen (secondary N) is 1. The number of carbonyl (C=O) groups excluding carboxylic acids is 1. The topological polar surface area (TPSA) is 93.5 Å². The third-order valence-electron chi connectivity index (χ3n) is 5.95. The summed E-state index contributed by atoms with van der Waals surface area (Å²) in [6.07, 6.45) is 1.82. The molecule has 38 heavy (non-hydrogen) atoms. The molecule has 1 aromatic heterocycles. The van der Waals surface area contributed by atoms with Crippen LogP contribution in [0.4, 0.5) is 5.95 Å². The number of imidazole rings is 1. The first-order valence-corrected chi connectivity index (χ1v) is 13.8. The van der Waals surface area contributed by atoms with Gasteiger partial charge >= 0.3 is 0 Å². The molecule has 4 aromatic rings. The minimum absolute atomic E-state index is 0.0750. The maximum Gasteiger partial charge on any atom is 0.243 e. The standard InChI is InChI=1S/C28H29ClN4O4S/c1-19(2)33(38(35,36)25-15-13-24(37-4)14-16-25)18-27(34)31-28-30-26(21-7-9-22(29)10-8-21)17-32(28)23-11-5-20(3)6-12-23/h5-17,19H,18H2,1-4H3,(H,30,31,34). The number of rotatable bonds is 9. The van der Waals surface area contributed by atoms with E-state index >= 15 is 0 Å². The molecule has 10 heteroatoms. The maximum absolute atomic E-state index is 13.4. The molecule has 4 rings (SSSR count). The SMILES string of the molecule is COc1ccc(S(=O)(=O)N(CC(=O)Nc2nc(-c3ccc(Cl)cc3)cn2-c2ccc(C)cc2)C(C)C)cc1. The Morgan fingerprint density at radius 2 is 1.66 bits per heavy atom. The summed E-state index contributed by atoms with van der Waals surface area (Å²) in [6.45, 7) is 5.05. The molecular weight excluding hydrogens is 524 g/mol. The van der Waals surface area contributed by atoms with Crippen LogP contribution in [0.2, 0.25) is 5.02 Å². The summed E-state index contributed by atoms with van der Waals surface area (Å²) in [7, 11) is -2.44. The second-order valence-corrected chi connectivity index (χ2v) is 11.4. The van der Waals surface area contributed by atoms with Gasteiger partial charge in [-0.05, 0) is 69.3 Å². The van der Waals surface area contributed by atoms with Crippen molar-refractivity contribution in [3.05, 3.63) is 89.6 Å². The molecule has 198 valence electrons. The van der Waals surface area contributed by atoms with E-state index in [0.717, 1.165) is 21.1 Å². The van der Waals surface area contributed by atoms with Gasteiger partial charge in [0.1, 0.15) is 5.75 Å². The molecule has 0 aliphatic rings. The molecule has 0 radical (unpaired) electrons. The number of ether oxygens (including phenoxy) is 1. The van der Waals surface area contributed by atoms with E-state index in [2.05, 4.69) is 10.3 Å². The first-order chi connectivity index (χ1) is 18.1. The van der Waals surface area contributed by atoms with Crippen LogP contribution < -0.4 is 10.1 Å². The van der Waals surface area contributed by atoms with Crippen LogP contribution in [-0.2, 0) is 14.8 Å². The van der Waals surface area contributed by atoms with Crippen molar-refractivity contribution in [3.8, 4) is 22.7 Å². The Kier molecular flexibility index (Phi) is 8.20. The molecule has 0 spiro atoms. The fraction of sp³-hybridized carbons (Fsp3) is 0.214. The molecule has 0 aliphatic carbocycles. The van der Waals surface area contributed by atoms with Crippen molar-refractivity contribution in [2.75, 3.05) is 19.0 Å². The van der Waals surface area contributed by atoms with Crippen LogP contribution in [-0.4, -0.2) is 47.9 Å². The second kappa shape index (κ2) is 11.4. The number of aromatic nitrogens is 2. The zero-order valence-corrected chi connectivity index (χ0v) is 23.1. The summed E-state index contributed by atoms with van der Waals surface area (Å²) in [4.78, 5) is 17.9. The van der Waals surface area contributed by atoms with Gasteiger partial charge in [0.05, 0.1) is 24.2 Å². The highest BCUT2D eigenvalue weighted by atomic mass is 35.5. The molecule has 0 unspecified atom stereocenters. The van der Waals surface area contributed by atoms with Crippen molar-refractivity contribution in [2.24, 2.45) is 0 Å². The fourth-order valence-corrected chi connectivity index (χ4v) is 5.58. The molecule has 8 nitrogen and oxygen atoms in total. The first kappa shape index (κ1) is 27.4. The van der Waals surface area contributed by atoms with Gasteiger partial charge in [-0.25, -0.2) is 13.4 Å². The molecular formula is C28H29ClN4O4S. The van der Waals surface area contributed by atoms with Gasteiger partial charge in [0.2, 0.25) is 21.9 Å². The zero-order valence-electron chi connectivity index (χ0n) is 21.6. The molecule has 0 atom stereocenters. The number of anilines is 1. The van der Waals surface area contributed by atoms with Crippen molar-refractivity contribution in [2.45, 2.75) is 31.7 Å². The molecule has 3 aromatic carbocycles. The molecule has 0 saturated heterocycles. The van der Waals surface area contributed by atoms with E-state index in [1.165, 1.54) is 19.2 Å². The Hall–Kier alpha value is -3.66. The van der Waals surface area contributed by atoms with E-state index in [1.807, 2.05) is 49.5 Å². The minimum Gasteiger partial charge on any atom is -0.497 e. The molecule has 0 fully saturated rings. The van der Waals surface area contributed by atoms with E-state index in [1.54, 1.807) is 42.7 Å². The Labute approximate surface area is 227 Å². The summed E-state index contributed by atoms with van der Waals surface area (Å²) in [5.41, 5.74) is 3.34. The van der Waals surface area contributed by atoms with Crippen LogP contribution in [0.25, 0.3) is 16.9 Å². The predicted molar refractivity (Wildman–Crippen MR) is 149 cm³/mol. The fourth-order valence-electron chi connectivity index (χ4n) is 3.86. The Morgan fingerprint density at radius 3 is 2.24 bits per heavy atom. The van der Waals surface area contributed by atoms with Gasteiger partial charge < -0.3 is 4.74 Å². The third-order valence-corrected chi connectivity index (χ3v) is 8.24. The summed E-state index contributed by atoms with van der Waals surface area (Å²) >= 11 is 6.04. The van der Waals surface area contributed by atoms with Gasteiger partial charge in [-0.15, -0.1) is 0 Å². The molecule has 0 saturated carbocycles. The lowest BCUT2D eigenvalue weighted by molar-refractivity contribution is -0.116. The summed E-state index contributed by atoms with van der Waals surface area (Å²) in [5.74, 6) is 0.295. The largest absolute Gasteiger partial charge is 0.497 e. The molecule has 0 aliphatic heterocycles. The average Bonchev–Trinajstić information content (AvgIpc) is 3.31. The number of hydrogen-bond donors (Lipinski definition) is 1. The normalized spacial score (nSPS) is 11.7. The molecule has 0 bridgehead atoms. The van der Waals surface area contributed by atoms with Crippen LogP contribution in [0.3, 0.4) is 0 Å². The maximum atomic E-state index is 13.4. The van der Waals surface area contributed by atoms with Crippen LogP contribution >= 0.6 is 11.6 Å². The van der Waals surface area contributed by atoms with Gasteiger partial charge in [-0.2, -0.15) is 4.31 Å². The summed E-state index contributed by atoms with van der Waals surface area (Å²) in [6, 6.07) is 20.6. The van der Waals surface area contributed by atoms with E-state index in [9.17, 15) is 13.2 Å². The van der Waals surface area contributed by atoms with Crippen molar-refractivity contribution in [3.63, 3.8) is 0 Å². The highest BCUT2D eigenvalue weighted by molar-refractivity contribution is 7.89. The van der Waals surface area contributed by atoms with E-state index in [4.69, 9.17) is 16.3 Å². The number of halogens is 1. The predicted octanol–water partition coefficient (Wildman–Crippen LogP) is 5.55. The highest BCUT2D eigenvalue weighted by Gasteiger charge is 2.29. The quantitative estimate of drug-likeness (QED) is 0.294. The lowest BCUT2D eigenvalue weighted by Gasteiger charge is -2.25. The minimum atomic E-state index is -3.94. The smallest absolute Gasteiger partial charge is 0.243 e. The lowest BCUT2D eigenvalue weighted by Crippen LogP contribution is -2.42. The lowest BCUT2D eigenvalue weighted by atomic mass is 10.2. The van der Waals surface area contributed by atoms with Crippen LogP contribution in [0.5, 0.6) is 5.75 Å². The van der Waals surface area contributed by atoms with Gasteiger partial charge in [0.25, 0.3) is 0 Å². The highest BCUT2D eigenvalue weighted by Crippen LogP contribution is 2.26. The number of carbonyl (C=O) groups is 1. The summed E-state index contributed by atoms with van der Waals surface area (Å²) < 4.78 is 34.8. The van der Waals surface area contributed by atoms with Gasteiger partial charge in [0, 0.05) is 28.5 Å². The van der Waals surface area contributed by atoms with Gasteiger partial charge in [0.15, 0.2) is 0 Å². The number of benzene rings is 3. The van der Waals surface area contributed by atoms with Crippen LogP contribution in [0.15, 0.2) is 83.9 Å². The molecule has 1 heterocycles. The number of sulfonamides is 1. The van der Waals surface area contributed by atoms with Crippen molar-refractivity contribution in [1.29, 1.82) is 0 Å². The second-order valence-electron chi connectivity index (χ2n) is 9.03. The van der Waals surface area contributed by atoms with Gasteiger partial charge in [-0.1, -0.05) is 41.4 Å². The van der Waals surface area contributed by atoms with E-state index < -0.39 is 22.0 Å². The number of amides is 1. The Bertz CT molecular complexity index is 1510. The average molecular weight is 553 g/mol. The first-order valence-electron chi connectivity index (χ1n) is 12.0.